The second-order valence-electron chi connectivity index (χ2n) is 5.64. The van der Waals surface area contributed by atoms with E-state index in [0.717, 1.165) is 35.5 Å². The minimum atomic E-state index is -0.000568. The Morgan fingerprint density at radius 3 is 2.73 bits per heavy atom. The van der Waals surface area contributed by atoms with Gasteiger partial charge in [0.05, 0.1) is 0 Å². The Bertz CT molecular complexity index is 847. The Labute approximate surface area is 128 Å². The Balaban J connectivity index is 1.69. The number of hydrogen-bond donors (Lipinski definition) is 1. The highest BCUT2D eigenvalue weighted by molar-refractivity contribution is 5.94. The number of nitrogens with zero attached hydrogens (tertiary/aromatic N) is 3. The molecule has 1 N–H and O–H groups in total. The first-order valence-electron chi connectivity index (χ1n) is 7.44. The molecule has 0 unspecified atom stereocenters. The maximum absolute atomic E-state index is 12.0. The molecule has 1 aliphatic rings. The van der Waals surface area contributed by atoms with Gasteiger partial charge in [0.1, 0.15) is 11.3 Å². The predicted octanol–water partition coefficient (Wildman–Crippen LogP) is 2.62. The first kappa shape index (κ1) is 13.0. The number of hydrogen-bond acceptors (Lipinski definition) is 3. The van der Waals surface area contributed by atoms with E-state index in [9.17, 15) is 4.79 Å². The van der Waals surface area contributed by atoms with Gasteiger partial charge in [-0.15, -0.1) is 0 Å². The second-order valence-corrected chi connectivity index (χ2v) is 5.64. The van der Waals surface area contributed by atoms with Gasteiger partial charge in [-0.2, -0.15) is 0 Å². The fraction of sp³-hybridized carbons (Fsp3) is 0.235. The highest BCUT2D eigenvalue weighted by Gasteiger charge is 2.23. The van der Waals surface area contributed by atoms with E-state index in [1.165, 1.54) is 0 Å². The van der Waals surface area contributed by atoms with Crippen LogP contribution in [0.3, 0.4) is 0 Å². The van der Waals surface area contributed by atoms with Crippen molar-refractivity contribution in [1.29, 1.82) is 0 Å². The Kier molecular flexibility index (Phi) is 2.92. The van der Waals surface area contributed by atoms with Crippen LogP contribution in [0.2, 0.25) is 0 Å². The Hall–Kier alpha value is -2.69. The highest BCUT2D eigenvalue weighted by Crippen LogP contribution is 2.21. The van der Waals surface area contributed by atoms with E-state index in [2.05, 4.69) is 15.3 Å². The van der Waals surface area contributed by atoms with Gasteiger partial charge >= 0.3 is 0 Å². The Morgan fingerprint density at radius 2 is 2.00 bits per heavy atom. The average molecular weight is 292 g/mol. The summed E-state index contributed by atoms with van der Waals surface area (Å²) in [6.45, 7) is 1.95. The van der Waals surface area contributed by atoms with E-state index in [1.54, 1.807) is 6.20 Å². The number of aromatic nitrogens is 3. The first-order valence-corrected chi connectivity index (χ1v) is 7.44. The van der Waals surface area contributed by atoms with Crippen molar-refractivity contribution in [2.45, 2.75) is 25.8 Å². The number of pyridine rings is 1. The molecule has 1 saturated carbocycles. The van der Waals surface area contributed by atoms with Crippen LogP contribution in [0, 0.1) is 6.92 Å². The standard InChI is InChI=1S/C17H16N4O/c1-11-19-15-3-2-10-18-16(15)21(11)14-8-4-12(5-9-14)17(22)20-13-6-7-13/h2-5,8-10,13H,6-7H2,1H3,(H,20,22). The minimum absolute atomic E-state index is 0.000568. The van der Waals surface area contributed by atoms with Crippen LogP contribution >= 0.6 is 0 Å². The summed E-state index contributed by atoms with van der Waals surface area (Å²) < 4.78 is 2.00. The molecule has 0 saturated heterocycles. The largest absolute Gasteiger partial charge is 0.349 e. The molecule has 1 aliphatic carbocycles. The molecule has 0 aliphatic heterocycles. The number of fused-ring (bicyclic) bond motifs is 1. The van der Waals surface area contributed by atoms with Crippen molar-refractivity contribution in [1.82, 2.24) is 19.9 Å². The van der Waals surface area contributed by atoms with Crippen molar-refractivity contribution in [3.63, 3.8) is 0 Å². The lowest BCUT2D eigenvalue weighted by molar-refractivity contribution is 0.0951. The molecule has 22 heavy (non-hydrogen) atoms. The summed E-state index contributed by atoms with van der Waals surface area (Å²) in [6, 6.07) is 11.8. The number of benzene rings is 1. The molecule has 110 valence electrons. The van der Waals surface area contributed by atoms with E-state index in [1.807, 2.05) is 47.9 Å². The molecule has 5 heteroatoms. The molecule has 1 aromatic carbocycles. The molecule has 2 aromatic heterocycles. The van der Waals surface area contributed by atoms with Gasteiger partial charge in [-0.1, -0.05) is 0 Å². The van der Waals surface area contributed by atoms with Crippen molar-refractivity contribution >= 4 is 17.1 Å². The van der Waals surface area contributed by atoms with Crippen LogP contribution in [0.4, 0.5) is 0 Å². The average Bonchev–Trinajstić information content (AvgIpc) is 3.27. The summed E-state index contributed by atoms with van der Waals surface area (Å²) in [5, 5.41) is 2.99. The Morgan fingerprint density at radius 1 is 1.23 bits per heavy atom. The van der Waals surface area contributed by atoms with Gasteiger partial charge in [-0.3, -0.25) is 9.36 Å². The maximum atomic E-state index is 12.0. The van der Waals surface area contributed by atoms with Crippen LogP contribution < -0.4 is 5.32 Å². The molecular weight excluding hydrogens is 276 g/mol. The third-order valence-corrected chi connectivity index (χ3v) is 3.88. The second kappa shape index (κ2) is 4.94. The van der Waals surface area contributed by atoms with Gasteiger partial charge in [0.25, 0.3) is 5.91 Å². The molecular formula is C17H16N4O. The number of aryl methyl sites for hydroxylation is 1. The lowest BCUT2D eigenvalue weighted by Gasteiger charge is -2.08. The summed E-state index contributed by atoms with van der Waals surface area (Å²) in [4.78, 5) is 21.0. The van der Waals surface area contributed by atoms with Crippen molar-refractivity contribution in [2.75, 3.05) is 0 Å². The van der Waals surface area contributed by atoms with Gasteiger partial charge in [-0.25, -0.2) is 9.97 Å². The first-order chi connectivity index (χ1) is 10.7. The number of carbonyl (C=O) groups is 1. The normalized spacial score (nSPS) is 14.2. The zero-order valence-electron chi connectivity index (χ0n) is 12.3. The van der Waals surface area contributed by atoms with Crippen LogP contribution in [0.15, 0.2) is 42.6 Å². The van der Waals surface area contributed by atoms with Crippen molar-refractivity contribution in [3.05, 3.63) is 54.0 Å². The van der Waals surface area contributed by atoms with Crippen LogP contribution in [0.25, 0.3) is 16.9 Å². The van der Waals surface area contributed by atoms with Crippen LogP contribution in [0.5, 0.6) is 0 Å². The number of carbonyl (C=O) groups excluding carboxylic acids is 1. The number of amides is 1. The number of nitrogens with one attached hydrogen (secondary N) is 1. The summed E-state index contributed by atoms with van der Waals surface area (Å²) in [7, 11) is 0. The molecule has 0 bridgehead atoms. The summed E-state index contributed by atoms with van der Waals surface area (Å²) in [6.07, 6.45) is 3.95. The topological polar surface area (TPSA) is 59.8 Å². The molecule has 1 amide bonds. The number of rotatable bonds is 3. The quantitative estimate of drug-likeness (QED) is 0.807. The van der Waals surface area contributed by atoms with Crippen LogP contribution in [-0.4, -0.2) is 26.5 Å². The van der Waals surface area contributed by atoms with E-state index < -0.39 is 0 Å². The zero-order chi connectivity index (χ0) is 15.1. The lowest BCUT2D eigenvalue weighted by Crippen LogP contribution is -2.25. The van der Waals surface area contributed by atoms with Gasteiger partial charge in [-0.05, 0) is 56.2 Å². The molecule has 0 radical (unpaired) electrons. The molecule has 5 nitrogen and oxygen atoms in total. The fourth-order valence-corrected chi connectivity index (χ4v) is 2.59. The van der Waals surface area contributed by atoms with Crippen molar-refractivity contribution in [3.8, 4) is 5.69 Å². The lowest BCUT2D eigenvalue weighted by atomic mass is 10.2. The van der Waals surface area contributed by atoms with E-state index in [0.29, 0.717) is 11.6 Å². The summed E-state index contributed by atoms with van der Waals surface area (Å²) >= 11 is 0. The highest BCUT2D eigenvalue weighted by atomic mass is 16.1. The SMILES string of the molecule is Cc1nc2cccnc2n1-c1ccc(C(=O)NC2CC2)cc1. The van der Waals surface area contributed by atoms with E-state index in [4.69, 9.17) is 0 Å². The third-order valence-electron chi connectivity index (χ3n) is 3.88. The maximum Gasteiger partial charge on any atom is 0.251 e. The fourth-order valence-electron chi connectivity index (χ4n) is 2.59. The van der Waals surface area contributed by atoms with Gasteiger partial charge < -0.3 is 5.32 Å². The van der Waals surface area contributed by atoms with Crippen LogP contribution in [-0.2, 0) is 0 Å². The van der Waals surface area contributed by atoms with E-state index in [-0.39, 0.29) is 5.91 Å². The molecule has 2 heterocycles. The molecule has 0 atom stereocenters. The van der Waals surface area contributed by atoms with Crippen molar-refractivity contribution < 1.29 is 4.79 Å². The molecule has 0 spiro atoms. The van der Waals surface area contributed by atoms with Crippen molar-refractivity contribution in [2.24, 2.45) is 0 Å². The molecule has 3 aromatic rings. The molecule has 1 fully saturated rings. The minimum Gasteiger partial charge on any atom is -0.349 e. The molecule has 4 rings (SSSR count). The van der Waals surface area contributed by atoms with Gasteiger partial charge in [0.2, 0.25) is 0 Å². The number of imidazole rings is 1. The zero-order valence-corrected chi connectivity index (χ0v) is 12.3. The summed E-state index contributed by atoms with van der Waals surface area (Å²) in [5.74, 6) is 0.878. The van der Waals surface area contributed by atoms with E-state index >= 15 is 0 Å². The third kappa shape index (κ3) is 2.24. The van der Waals surface area contributed by atoms with Gasteiger partial charge in [0.15, 0.2) is 5.65 Å². The van der Waals surface area contributed by atoms with Gasteiger partial charge in [0, 0.05) is 23.5 Å². The van der Waals surface area contributed by atoms with Crippen LogP contribution in [0.1, 0.15) is 29.0 Å². The predicted molar refractivity (Wildman–Crippen MR) is 84.1 cm³/mol. The summed E-state index contributed by atoms with van der Waals surface area (Å²) in [5.41, 5.74) is 3.35. The smallest absolute Gasteiger partial charge is 0.251 e. The monoisotopic (exact) mass is 292 g/mol.